The minimum atomic E-state index is -3.97. The summed E-state index contributed by atoms with van der Waals surface area (Å²) in [6, 6.07) is 2.53. The van der Waals surface area contributed by atoms with E-state index >= 15 is 0 Å². The van der Waals surface area contributed by atoms with Gasteiger partial charge in [0.1, 0.15) is 4.90 Å². The zero-order valence-corrected chi connectivity index (χ0v) is 9.87. The molecule has 0 saturated carbocycles. The normalized spacial score (nSPS) is 11.6. The molecule has 1 N–H and O–H groups in total. The second-order valence-electron chi connectivity index (χ2n) is 2.17. The van der Waals surface area contributed by atoms with Gasteiger partial charge in [-0.1, -0.05) is 27.5 Å². The first kappa shape index (κ1) is 11.1. The van der Waals surface area contributed by atoms with Crippen molar-refractivity contribution < 1.29 is 13.5 Å². The molecular weight excluding hydrogens is 303 g/mol. The second kappa shape index (κ2) is 3.65. The van der Waals surface area contributed by atoms with Crippen LogP contribution in [0.3, 0.4) is 0 Å². The Kier molecular flexibility index (Phi) is 3.12. The smallest absolute Gasteiger partial charge is 0.265 e. The van der Waals surface area contributed by atoms with E-state index in [9.17, 15) is 13.5 Å². The molecule has 0 fully saturated rings. The summed E-state index contributed by atoms with van der Waals surface area (Å²) in [5, 5.41) is 9.17. The van der Waals surface area contributed by atoms with Crippen molar-refractivity contribution in [3.8, 4) is 5.75 Å². The third kappa shape index (κ3) is 2.49. The molecule has 0 heterocycles. The van der Waals surface area contributed by atoms with Crippen molar-refractivity contribution in [2.45, 2.75) is 4.90 Å². The fourth-order valence-electron chi connectivity index (χ4n) is 0.728. The van der Waals surface area contributed by atoms with Gasteiger partial charge in [-0.2, -0.15) is 0 Å². The Labute approximate surface area is 92.8 Å². The molecule has 0 bridgehead atoms. The number of halogens is 3. The molecule has 1 rings (SSSR count). The van der Waals surface area contributed by atoms with Gasteiger partial charge in [0.25, 0.3) is 9.05 Å². The van der Waals surface area contributed by atoms with Crippen LogP contribution in [-0.2, 0) is 9.05 Å². The van der Waals surface area contributed by atoms with Crippen molar-refractivity contribution in [1.29, 1.82) is 0 Å². The van der Waals surface area contributed by atoms with Gasteiger partial charge in [0.15, 0.2) is 5.75 Å². The first-order chi connectivity index (χ1) is 5.82. The molecule has 0 unspecified atom stereocenters. The van der Waals surface area contributed by atoms with E-state index in [1.54, 1.807) is 0 Å². The third-order valence-corrected chi connectivity index (χ3v) is 3.34. The highest BCUT2D eigenvalue weighted by Crippen LogP contribution is 2.35. The lowest BCUT2D eigenvalue weighted by atomic mass is 10.3. The topological polar surface area (TPSA) is 54.4 Å². The molecule has 7 heteroatoms. The summed E-state index contributed by atoms with van der Waals surface area (Å²) < 4.78 is 22.2. The Hall–Kier alpha value is 0.0300. The van der Waals surface area contributed by atoms with Crippen LogP contribution in [0.1, 0.15) is 0 Å². The van der Waals surface area contributed by atoms with E-state index < -0.39 is 19.7 Å². The highest BCUT2D eigenvalue weighted by molar-refractivity contribution is 9.10. The number of phenolic OH excluding ortho intramolecular Hbond substituents is 1. The van der Waals surface area contributed by atoms with Crippen LogP contribution in [-0.4, -0.2) is 13.5 Å². The van der Waals surface area contributed by atoms with E-state index in [1.165, 1.54) is 12.1 Å². The molecule has 72 valence electrons. The summed E-state index contributed by atoms with van der Waals surface area (Å²) in [4.78, 5) is -0.409. The number of hydrogen-bond donors (Lipinski definition) is 1. The largest absolute Gasteiger partial charge is 0.505 e. The number of aromatic hydroxyl groups is 1. The van der Waals surface area contributed by atoms with Gasteiger partial charge in [0.2, 0.25) is 0 Å². The molecule has 0 aliphatic carbocycles. The maximum Gasteiger partial charge on any atom is 0.265 e. The maximum atomic E-state index is 10.9. The zero-order valence-electron chi connectivity index (χ0n) is 5.96. The number of rotatable bonds is 1. The predicted molar refractivity (Wildman–Crippen MR) is 53.9 cm³/mol. The first-order valence-corrected chi connectivity index (χ1v) is 6.43. The number of benzene rings is 1. The molecule has 0 amide bonds. The van der Waals surface area contributed by atoms with Crippen molar-refractivity contribution >= 4 is 47.3 Å². The van der Waals surface area contributed by atoms with Crippen LogP contribution in [0, 0.1) is 0 Å². The van der Waals surface area contributed by atoms with E-state index in [1.807, 2.05) is 0 Å². The van der Waals surface area contributed by atoms with Gasteiger partial charge in [-0.3, -0.25) is 0 Å². The van der Waals surface area contributed by atoms with Crippen LogP contribution in [0.5, 0.6) is 5.75 Å². The van der Waals surface area contributed by atoms with Gasteiger partial charge in [-0.15, -0.1) is 0 Å². The molecule has 0 aliphatic heterocycles. The average molecular weight is 306 g/mol. The molecule has 1 aromatic rings. The van der Waals surface area contributed by atoms with Crippen molar-refractivity contribution in [2.75, 3.05) is 0 Å². The molecule has 0 radical (unpaired) electrons. The lowest BCUT2D eigenvalue weighted by Crippen LogP contribution is -1.91. The number of hydrogen-bond acceptors (Lipinski definition) is 3. The summed E-state index contributed by atoms with van der Waals surface area (Å²) in [6.45, 7) is 0. The average Bonchev–Trinajstić information content (AvgIpc) is 1.94. The van der Waals surface area contributed by atoms with Gasteiger partial charge < -0.3 is 5.11 Å². The minimum absolute atomic E-state index is 0.0754. The monoisotopic (exact) mass is 304 g/mol. The molecule has 0 aromatic heterocycles. The van der Waals surface area contributed by atoms with Crippen LogP contribution < -0.4 is 0 Å². The Bertz CT molecular complexity index is 443. The third-order valence-electron chi connectivity index (χ3n) is 1.26. The summed E-state index contributed by atoms with van der Waals surface area (Å²) >= 11 is 8.54. The van der Waals surface area contributed by atoms with Crippen molar-refractivity contribution in [3.63, 3.8) is 0 Å². The Morgan fingerprint density at radius 2 is 1.92 bits per heavy atom. The molecule has 13 heavy (non-hydrogen) atoms. The molecule has 0 saturated heterocycles. The summed E-state index contributed by atoms with van der Waals surface area (Å²) in [6.07, 6.45) is 0. The van der Waals surface area contributed by atoms with E-state index in [0.29, 0.717) is 4.47 Å². The van der Waals surface area contributed by atoms with Crippen LogP contribution in [0.25, 0.3) is 0 Å². The molecule has 3 nitrogen and oxygen atoms in total. The van der Waals surface area contributed by atoms with Gasteiger partial charge in [0.05, 0.1) is 5.02 Å². The fraction of sp³-hybridized carbons (Fsp3) is 0. The van der Waals surface area contributed by atoms with E-state index in [-0.39, 0.29) is 5.02 Å². The molecular formula is C6H3BrCl2O3S. The quantitative estimate of drug-likeness (QED) is 0.812. The van der Waals surface area contributed by atoms with Crippen molar-refractivity contribution in [2.24, 2.45) is 0 Å². The lowest BCUT2D eigenvalue weighted by Gasteiger charge is -2.02. The van der Waals surface area contributed by atoms with Gasteiger partial charge in [-0.05, 0) is 12.1 Å². The highest BCUT2D eigenvalue weighted by Gasteiger charge is 2.18. The molecule has 0 aliphatic rings. The summed E-state index contributed by atoms with van der Waals surface area (Å²) in [5.41, 5.74) is 0. The van der Waals surface area contributed by atoms with Crippen LogP contribution in [0.4, 0.5) is 0 Å². The molecule has 0 atom stereocenters. The standard InChI is InChI=1S/C6H3BrCl2O3S/c7-3-1-4(8)6(10)5(2-3)13(9,11)12/h1-2,10H. The zero-order chi connectivity index (χ0) is 10.2. The van der Waals surface area contributed by atoms with Crippen molar-refractivity contribution in [1.82, 2.24) is 0 Å². The van der Waals surface area contributed by atoms with Crippen LogP contribution >= 0.6 is 38.2 Å². The minimum Gasteiger partial charge on any atom is -0.505 e. The van der Waals surface area contributed by atoms with Gasteiger partial charge in [0, 0.05) is 15.2 Å². The molecule has 1 aromatic carbocycles. The SMILES string of the molecule is O=S(=O)(Cl)c1cc(Br)cc(Cl)c1O. The van der Waals surface area contributed by atoms with E-state index in [4.69, 9.17) is 22.3 Å². The van der Waals surface area contributed by atoms with E-state index in [0.717, 1.165) is 0 Å². The van der Waals surface area contributed by atoms with Crippen LogP contribution in [0.15, 0.2) is 21.5 Å². The summed E-state index contributed by atoms with van der Waals surface area (Å²) in [7, 11) is 1.07. The maximum absolute atomic E-state index is 10.9. The lowest BCUT2D eigenvalue weighted by molar-refractivity contribution is 0.459. The Morgan fingerprint density at radius 1 is 1.38 bits per heavy atom. The Balaban J connectivity index is 3.56. The van der Waals surface area contributed by atoms with Crippen LogP contribution in [0.2, 0.25) is 5.02 Å². The predicted octanol–water partition coefficient (Wildman–Crippen LogP) is 2.74. The van der Waals surface area contributed by atoms with Gasteiger partial charge in [-0.25, -0.2) is 8.42 Å². The highest BCUT2D eigenvalue weighted by atomic mass is 79.9. The second-order valence-corrected chi connectivity index (χ2v) is 6.03. The van der Waals surface area contributed by atoms with E-state index in [2.05, 4.69) is 15.9 Å². The fourth-order valence-corrected chi connectivity index (χ4v) is 2.71. The Morgan fingerprint density at radius 3 is 2.38 bits per heavy atom. The first-order valence-electron chi connectivity index (χ1n) is 2.95. The number of phenols is 1. The van der Waals surface area contributed by atoms with Gasteiger partial charge >= 0.3 is 0 Å². The molecule has 0 spiro atoms. The van der Waals surface area contributed by atoms with Crippen molar-refractivity contribution in [3.05, 3.63) is 21.6 Å². The summed E-state index contributed by atoms with van der Waals surface area (Å²) in [5.74, 6) is -0.542.